The van der Waals surface area contributed by atoms with Crippen molar-refractivity contribution in [2.75, 3.05) is 40.0 Å². The van der Waals surface area contributed by atoms with Gasteiger partial charge in [-0.3, -0.25) is 9.69 Å². The molecule has 2 aromatic heterocycles. The highest BCUT2D eigenvalue weighted by Crippen LogP contribution is 2.30. The molecule has 2 aliphatic rings. The average Bonchev–Trinajstić information content (AvgIpc) is 3.22. The lowest BCUT2D eigenvalue weighted by molar-refractivity contribution is -0.0716. The Hall–Kier alpha value is -2.39. The Labute approximate surface area is 144 Å². The molecule has 0 saturated carbocycles. The number of morpholine rings is 1. The first-order chi connectivity index (χ1) is 12.2. The highest BCUT2D eigenvalue weighted by molar-refractivity contribution is 5.92. The second-order valence-electron chi connectivity index (χ2n) is 6.20. The van der Waals surface area contributed by atoms with Crippen molar-refractivity contribution in [2.24, 2.45) is 0 Å². The summed E-state index contributed by atoms with van der Waals surface area (Å²) in [5, 5.41) is 3.87. The van der Waals surface area contributed by atoms with E-state index in [4.69, 9.17) is 18.4 Å². The molecule has 1 unspecified atom stereocenters. The van der Waals surface area contributed by atoms with Crippen molar-refractivity contribution in [3.8, 4) is 5.95 Å². The maximum Gasteiger partial charge on any atom is 0.289 e. The van der Waals surface area contributed by atoms with E-state index in [9.17, 15) is 4.79 Å². The summed E-state index contributed by atoms with van der Waals surface area (Å²) >= 11 is 0. The zero-order valence-corrected chi connectivity index (χ0v) is 14.2. The fraction of sp³-hybridized carbons (Fsp3) is 0.562. The molecule has 4 rings (SSSR count). The van der Waals surface area contributed by atoms with Crippen LogP contribution in [0.5, 0.6) is 5.95 Å². The Morgan fingerprint density at radius 2 is 2.20 bits per heavy atom. The number of aromatic nitrogens is 2. The molecule has 134 valence electrons. The Morgan fingerprint density at radius 3 is 2.88 bits per heavy atom. The molecule has 4 heterocycles. The van der Waals surface area contributed by atoms with E-state index < -0.39 is 0 Å². The second-order valence-corrected chi connectivity index (χ2v) is 6.20. The van der Waals surface area contributed by atoms with Crippen LogP contribution in [0.4, 0.5) is 0 Å². The Kier molecular flexibility index (Phi) is 4.18. The molecule has 2 aromatic rings. The van der Waals surface area contributed by atoms with Gasteiger partial charge in [-0.1, -0.05) is 5.16 Å². The van der Waals surface area contributed by atoms with Crippen LogP contribution in [-0.2, 0) is 4.74 Å². The van der Waals surface area contributed by atoms with E-state index in [1.54, 1.807) is 24.0 Å². The summed E-state index contributed by atoms with van der Waals surface area (Å²) in [6.07, 6.45) is 0. The minimum absolute atomic E-state index is 0.0686. The van der Waals surface area contributed by atoms with Crippen LogP contribution in [0, 0.1) is 6.92 Å². The van der Waals surface area contributed by atoms with Crippen LogP contribution in [0.1, 0.15) is 28.3 Å². The van der Waals surface area contributed by atoms with Gasteiger partial charge in [-0.15, -0.1) is 0 Å². The highest BCUT2D eigenvalue weighted by Gasteiger charge is 2.42. The predicted molar refractivity (Wildman–Crippen MR) is 84.3 cm³/mol. The molecule has 2 fully saturated rings. The van der Waals surface area contributed by atoms with Crippen LogP contribution < -0.4 is 4.74 Å². The number of furan rings is 1. The number of ether oxygens (including phenoxy) is 2. The average molecular weight is 348 g/mol. The van der Waals surface area contributed by atoms with Gasteiger partial charge < -0.3 is 23.3 Å². The van der Waals surface area contributed by atoms with Crippen molar-refractivity contribution in [1.29, 1.82) is 0 Å². The molecule has 1 amide bonds. The van der Waals surface area contributed by atoms with Crippen LogP contribution in [0.2, 0.25) is 0 Å². The summed E-state index contributed by atoms with van der Waals surface area (Å²) in [7, 11) is 1.50. The molecule has 0 bridgehead atoms. The first kappa shape index (κ1) is 16.1. The van der Waals surface area contributed by atoms with Crippen LogP contribution in [0.25, 0.3) is 0 Å². The quantitative estimate of drug-likeness (QED) is 0.804. The zero-order chi connectivity index (χ0) is 17.4. The SMILES string of the molecule is COc1ccc(C(=O)N2CC(N3CCOCC3c3nc(C)no3)C2)o1. The van der Waals surface area contributed by atoms with Gasteiger partial charge >= 0.3 is 0 Å². The number of hydrogen-bond acceptors (Lipinski definition) is 8. The summed E-state index contributed by atoms with van der Waals surface area (Å²) in [5.41, 5.74) is 0. The largest absolute Gasteiger partial charge is 0.468 e. The summed E-state index contributed by atoms with van der Waals surface area (Å²) < 4.78 is 21.2. The third kappa shape index (κ3) is 3.00. The van der Waals surface area contributed by atoms with Gasteiger partial charge in [0.2, 0.25) is 5.89 Å². The molecule has 9 heteroatoms. The summed E-state index contributed by atoms with van der Waals surface area (Å²) in [5.74, 6) is 1.68. The third-order valence-electron chi connectivity index (χ3n) is 4.61. The smallest absolute Gasteiger partial charge is 0.289 e. The Balaban J connectivity index is 1.40. The second kappa shape index (κ2) is 6.49. The van der Waals surface area contributed by atoms with Crippen molar-refractivity contribution in [2.45, 2.75) is 19.0 Å². The van der Waals surface area contributed by atoms with E-state index in [0.29, 0.717) is 49.7 Å². The first-order valence-electron chi connectivity index (χ1n) is 8.22. The number of hydrogen-bond donors (Lipinski definition) is 0. The number of aryl methyl sites for hydroxylation is 1. The molecular weight excluding hydrogens is 328 g/mol. The van der Waals surface area contributed by atoms with Crippen LogP contribution in [0.3, 0.4) is 0 Å². The van der Waals surface area contributed by atoms with Crippen LogP contribution in [-0.4, -0.2) is 71.8 Å². The lowest BCUT2D eigenvalue weighted by atomic mass is 10.0. The molecular formula is C16H20N4O5. The van der Waals surface area contributed by atoms with E-state index in [2.05, 4.69) is 15.0 Å². The fourth-order valence-corrected chi connectivity index (χ4v) is 3.25. The predicted octanol–water partition coefficient (Wildman–Crippen LogP) is 0.878. The molecule has 0 aliphatic carbocycles. The number of nitrogens with zero attached hydrogens (tertiary/aromatic N) is 4. The van der Waals surface area contributed by atoms with Gasteiger partial charge in [-0.05, 0) is 13.0 Å². The molecule has 2 aliphatic heterocycles. The van der Waals surface area contributed by atoms with E-state index in [0.717, 1.165) is 6.54 Å². The third-order valence-corrected chi connectivity index (χ3v) is 4.61. The Morgan fingerprint density at radius 1 is 1.36 bits per heavy atom. The van der Waals surface area contributed by atoms with Gasteiger partial charge in [0.15, 0.2) is 11.6 Å². The molecule has 25 heavy (non-hydrogen) atoms. The van der Waals surface area contributed by atoms with Crippen molar-refractivity contribution in [3.63, 3.8) is 0 Å². The lowest BCUT2D eigenvalue weighted by Crippen LogP contribution is -2.63. The molecule has 0 N–H and O–H groups in total. The topological polar surface area (TPSA) is 94.1 Å². The van der Waals surface area contributed by atoms with E-state index in [1.165, 1.54) is 7.11 Å². The number of rotatable bonds is 4. The molecule has 0 aromatic carbocycles. The van der Waals surface area contributed by atoms with Crippen LogP contribution in [0.15, 0.2) is 21.1 Å². The number of amides is 1. The Bertz CT molecular complexity index is 751. The summed E-state index contributed by atoms with van der Waals surface area (Å²) in [6.45, 7) is 5.00. The molecule has 0 radical (unpaired) electrons. The maximum absolute atomic E-state index is 12.4. The van der Waals surface area contributed by atoms with Gasteiger partial charge in [-0.2, -0.15) is 4.98 Å². The normalized spacial score (nSPS) is 22.0. The number of carbonyl (C=O) groups excluding carboxylic acids is 1. The summed E-state index contributed by atoms with van der Waals surface area (Å²) in [6, 6.07) is 3.44. The first-order valence-corrected chi connectivity index (χ1v) is 8.22. The standard InChI is InChI=1S/C16H20N4O5/c1-10-17-15(25-18-10)12-9-23-6-5-20(12)11-7-19(8-11)16(21)13-3-4-14(22-2)24-13/h3-4,11-12H,5-9H2,1-2H3. The van der Waals surface area contributed by atoms with Crippen molar-refractivity contribution in [1.82, 2.24) is 19.9 Å². The number of likely N-dealkylation sites (tertiary alicyclic amines) is 1. The zero-order valence-electron chi connectivity index (χ0n) is 14.2. The van der Waals surface area contributed by atoms with E-state index in [1.807, 2.05) is 0 Å². The summed E-state index contributed by atoms with van der Waals surface area (Å²) in [4.78, 5) is 20.8. The van der Waals surface area contributed by atoms with Crippen LogP contribution >= 0.6 is 0 Å². The number of methoxy groups -OCH3 is 1. The maximum atomic E-state index is 12.4. The van der Waals surface area contributed by atoms with Crippen molar-refractivity contribution in [3.05, 3.63) is 29.6 Å². The minimum Gasteiger partial charge on any atom is -0.468 e. The van der Waals surface area contributed by atoms with Crippen molar-refractivity contribution < 1.29 is 23.2 Å². The fourth-order valence-electron chi connectivity index (χ4n) is 3.25. The lowest BCUT2D eigenvalue weighted by Gasteiger charge is -2.48. The minimum atomic E-state index is -0.127. The van der Waals surface area contributed by atoms with Gasteiger partial charge in [0.1, 0.15) is 6.04 Å². The van der Waals surface area contributed by atoms with Gasteiger partial charge in [0.25, 0.3) is 11.9 Å². The van der Waals surface area contributed by atoms with Gasteiger partial charge in [0, 0.05) is 31.7 Å². The van der Waals surface area contributed by atoms with Gasteiger partial charge in [0.05, 0.1) is 20.3 Å². The van der Waals surface area contributed by atoms with Crippen molar-refractivity contribution >= 4 is 5.91 Å². The molecule has 1 atom stereocenters. The monoisotopic (exact) mass is 348 g/mol. The number of carbonyl (C=O) groups is 1. The molecule has 0 spiro atoms. The van der Waals surface area contributed by atoms with Gasteiger partial charge in [-0.25, -0.2) is 0 Å². The highest BCUT2D eigenvalue weighted by atomic mass is 16.6. The van der Waals surface area contributed by atoms with E-state index >= 15 is 0 Å². The molecule has 2 saturated heterocycles. The van der Waals surface area contributed by atoms with E-state index in [-0.39, 0.29) is 18.0 Å². The molecule has 9 nitrogen and oxygen atoms in total.